The highest BCUT2D eigenvalue weighted by molar-refractivity contribution is 5.11. The van der Waals surface area contributed by atoms with Gasteiger partial charge in [-0.05, 0) is 26.3 Å². The van der Waals surface area contributed by atoms with Crippen molar-refractivity contribution in [2.24, 2.45) is 0 Å². The second-order valence-electron chi connectivity index (χ2n) is 2.17. The Kier molecular flexibility index (Phi) is 3.85. The molecule has 0 amide bonds. The second kappa shape index (κ2) is 4.19. The van der Waals surface area contributed by atoms with Gasteiger partial charge in [0.05, 0.1) is 5.76 Å². The molecule has 0 heterocycles. The zero-order chi connectivity index (χ0) is 7.28. The van der Waals surface area contributed by atoms with Crippen LogP contribution in [0.4, 0.5) is 0 Å². The first-order chi connectivity index (χ1) is 4.16. The van der Waals surface area contributed by atoms with Crippen LogP contribution in [-0.4, -0.2) is 5.11 Å². The first-order valence-electron chi connectivity index (χ1n) is 3.19. The van der Waals surface area contributed by atoms with Crippen LogP contribution in [0.25, 0.3) is 0 Å². The van der Waals surface area contributed by atoms with E-state index >= 15 is 0 Å². The molecule has 0 atom stereocenters. The Labute approximate surface area is 56.7 Å². The number of allylic oxidation sites excluding steroid dienone is 4. The highest BCUT2D eigenvalue weighted by Crippen LogP contribution is 1.98. The molecular weight excluding hydrogens is 112 g/mol. The molecule has 1 N–H and O–H groups in total. The van der Waals surface area contributed by atoms with Gasteiger partial charge in [-0.15, -0.1) is 0 Å². The first kappa shape index (κ1) is 8.28. The Bertz CT molecular complexity index is 128. The minimum atomic E-state index is 0.364. The highest BCUT2D eigenvalue weighted by Gasteiger charge is 1.79. The molecule has 52 valence electrons. The zero-order valence-electron chi connectivity index (χ0n) is 6.31. The second-order valence-corrected chi connectivity index (χ2v) is 2.17. The van der Waals surface area contributed by atoms with E-state index in [9.17, 15) is 0 Å². The summed E-state index contributed by atoms with van der Waals surface area (Å²) in [5.74, 6) is 0.364. The number of aliphatic hydroxyl groups excluding tert-OH is 1. The molecule has 0 aliphatic rings. The third-order valence-corrected chi connectivity index (χ3v) is 1.17. The highest BCUT2D eigenvalue weighted by atomic mass is 16.3. The Morgan fingerprint density at radius 2 is 1.89 bits per heavy atom. The number of rotatable bonds is 2. The van der Waals surface area contributed by atoms with Crippen molar-refractivity contribution in [3.63, 3.8) is 0 Å². The standard InChI is InChI=1S/C8H14O/c1-4-7(2)5-6-8(3)9/h5-6,9H,4H2,1-3H3/b7-5+,8-6+. The van der Waals surface area contributed by atoms with Crippen LogP contribution in [0, 0.1) is 0 Å². The third kappa shape index (κ3) is 5.15. The fraction of sp³-hybridized carbons (Fsp3) is 0.500. The lowest BCUT2D eigenvalue weighted by Gasteiger charge is -1.89. The molecule has 0 saturated carbocycles. The Balaban J connectivity index is 3.83. The van der Waals surface area contributed by atoms with Gasteiger partial charge in [0.2, 0.25) is 0 Å². The lowest BCUT2D eigenvalue weighted by atomic mass is 10.2. The van der Waals surface area contributed by atoms with Crippen molar-refractivity contribution in [1.29, 1.82) is 0 Å². The molecular formula is C8H14O. The maximum atomic E-state index is 8.71. The summed E-state index contributed by atoms with van der Waals surface area (Å²) in [7, 11) is 0. The van der Waals surface area contributed by atoms with E-state index in [0.29, 0.717) is 5.76 Å². The van der Waals surface area contributed by atoms with E-state index in [4.69, 9.17) is 5.11 Å². The summed E-state index contributed by atoms with van der Waals surface area (Å²) < 4.78 is 0. The van der Waals surface area contributed by atoms with E-state index in [2.05, 4.69) is 6.92 Å². The van der Waals surface area contributed by atoms with Crippen molar-refractivity contribution in [2.45, 2.75) is 27.2 Å². The van der Waals surface area contributed by atoms with Crippen LogP contribution in [0.2, 0.25) is 0 Å². The molecule has 0 aliphatic carbocycles. The maximum Gasteiger partial charge on any atom is 0.0891 e. The molecule has 0 bridgehead atoms. The Hall–Kier alpha value is -0.720. The summed E-state index contributed by atoms with van der Waals surface area (Å²) in [6.45, 7) is 5.80. The van der Waals surface area contributed by atoms with E-state index in [1.54, 1.807) is 13.0 Å². The summed E-state index contributed by atoms with van der Waals surface area (Å²) >= 11 is 0. The van der Waals surface area contributed by atoms with E-state index in [-0.39, 0.29) is 0 Å². The fourth-order valence-corrected chi connectivity index (χ4v) is 0.381. The van der Waals surface area contributed by atoms with Crippen LogP contribution in [0.3, 0.4) is 0 Å². The molecule has 0 saturated heterocycles. The van der Waals surface area contributed by atoms with Crippen LogP contribution >= 0.6 is 0 Å². The molecule has 0 unspecified atom stereocenters. The van der Waals surface area contributed by atoms with Crippen molar-refractivity contribution in [3.8, 4) is 0 Å². The molecule has 0 aliphatic heterocycles. The molecule has 1 nitrogen and oxygen atoms in total. The van der Waals surface area contributed by atoms with Crippen molar-refractivity contribution < 1.29 is 5.11 Å². The van der Waals surface area contributed by atoms with Crippen molar-refractivity contribution in [3.05, 3.63) is 23.5 Å². The summed E-state index contributed by atoms with van der Waals surface area (Å²) in [4.78, 5) is 0. The Morgan fingerprint density at radius 1 is 1.33 bits per heavy atom. The van der Waals surface area contributed by atoms with Crippen LogP contribution < -0.4 is 0 Å². The SMILES string of the molecule is CC/C(C)=C/C=C(\C)O. The predicted molar refractivity (Wildman–Crippen MR) is 40.4 cm³/mol. The van der Waals surface area contributed by atoms with Crippen molar-refractivity contribution >= 4 is 0 Å². The predicted octanol–water partition coefficient (Wildman–Crippen LogP) is 2.80. The lowest BCUT2D eigenvalue weighted by molar-refractivity contribution is 0.414. The van der Waals surface area contributed by atoms with Gasteiger partial charge in [-0.2, -0.15) is 0 Å². The molecule has 9 heavy (non-hydrogen) atoms. The zero-order valence-corrected chi connectivity index (χ0v) is 6.31. The monoisotopic (exact) mass is 126 g/mol. The summed E-state index contributed by atoms with van der Waals surface area (Å²) in [5.41, 5.74) is 1.28. The molecule has 0 radical (unpaired) electrons. The molecule has 1 heteroatoms. The summed E-state index contributed by atoms with van der Waals surface area (Å²) in [5, 5.41) is 8.71. The average molecular weight is 126 g/mol. The fourth-order valence-electron chi connectivity index (χ4n) is 0.381. The normalized spacial score (nSPS) is 14.1. The lowest BCUT2D eigenvalue weighted by Crippen LogP contribution is -1.70. The van der Waals surface area contributed by atoms with Gasteiger partial charge in [0.15, 0.2) is 0 Å². The van der Waals surface area contributed by atoms with Gasteiger partial charge in [-0.25, -0.2) is 0 Å². The third-order valence-electron chi connectivity index (χ3n) is 1.17. The molecule has 0 aromatic rings. The molecule has 0 rings (SSSR count). The van der Waals surface area contributed by atoms with Crippen LogP contribution in [-0.2, 0) is 0 Å². The van der Waals surface area contributed by atoms with Gasteiger partial charge in [0, 0.05) is 0 Å². The van der Waals surface area contributed by atoms with Gasteiger partial charge in [-0.1, -0.05) is 18.6 Å². The molecule has 0 spiro atoms. The maximum absolute atomic E-state index is 8.71. The van der Waals surface area contributed by atoms with Crippen LogP contribution in [0.5, 0.6) is 0 Å². The van der Waals surface area contributed by atoms with Gasteiger partial charge in [-0.3, -0.25) is 0 Å². The van der Waals surface area contributed by atoms with Gasteiger partial charge >= 0.3 is 0 Å². The van der Waals surface area contributed by atoms with Crippen LogP contribution in [0.15, 0.2) is 23.5 Å². The number of hydrogen-bond acceptors (Lipinski definition) is 1. The van der Waals surface area contributed by atoms with Crippen LogP contribution in [0.1, 0.15) is 27.2 Å². The largest absolute Gasteiger partial charge is 0.513 e. The first-order valence-corrected chi connectivity index (χ1v) is 3.19. The minimum Gasteiger partial charge on any atom is -0.513 e. The van der Waals surface area contributed by atoms with Gasteiger partial charge < -0.3 is 5.11 Å². The summed E-state index contributed by atoms with van der Waals surface area (Å²) in [6, 6.07) is 0. The van der Waals surface area contributed by atoms with E-state index < -0.39 is 0 Å². The molecule has 0 aromatic heterocycles. The van der Waals surface area contributed by atoms with E-state index in [1.807, 2.05) is 13.0 Å². The van der Waals surface area contributed by atoms with Crippen molar-refractivity contribution in [2.75, 3.05) is 0 Å². The van der Waals surface area contributed by atoms with Crippen molar-refractivity contribution in [1.82, 2.24) is 0 Å². The summed E-state index contributed by atoms with van der Waals surface area (Å²) in [6.07, 6.45) is 4.68. The van der Waals surface area contributed by atoms with E-state index in [0.717, 1.165) is 6.42 Å². The molecule has 0 aromatic carbocycles. The Morgan fingerprint density at radius 3 is 2.22 bits per heavy atom. The number of hydrogen-bond donors (Lipinski definition) is 1. The van der Waals surface area contributed by atoms with Gasteiger partial charge in [0.1, 0.15) is 0 Å². The average Bonchev–Trinajstić information content (AvgIpc) is 1.83. The van der Waals surface area contributed by atoms with Gasteiger partial charge in [0.25, 0.3) is 0 Å². The minimum absolute atomic E-state index is 0.364. The number of aliphatic hydroxyl groups is 1. The smallest absolute Gasteiger partial charge is 0.0891 e. The topological polar surface area (TPSA) is 20.2 Å². The molecule has 0 fully saturated rings. The quantitative estimate of drug-likeness (QED) is 0.445. The van der Waals surface area contributed by atoms with E-state index in [1.165, 1.54) is 5.57 Å².